The van der Waals surface area contributed by atoms with Crippen molar-refractivity contribution in [3.05, 3.63) is 43.1 Å². The van der Waals surface area contributed by atoms with Crippen molar-refractivity contribution in [2.45, 2.75) is 19.1 Å². The number of hydrogen-bond acceptors (Lipinski definition) is 7. The molecule has 2 aliphatic heterocycles. The molecule has 1 unspecified atom stereocenters. The van der Waals surface area contributed by atoms with E-state index in [1.54, 1.807) is 17.4 Å². The Hall–Kier alpha value is -1.97. The van der Waals surface area contributed by atoms with Crippen LogP contribution in [-0.4, -0.2) is 29.3 Å². The third-order valence-electron chi connectivity index (χ3n) is 4.10. The van der Waals surface area contributed by atoms with Crippen LogP contribution in [0, 0.1) is 10.1 Å². The van der Waals surface area contributed by atoms with Gasteiger partial charge in [-0.3, -0.25) is 14.9 Å². The van der Waals surface area contributed by atoms with Crippen molar-refractivity contribution in [2.75, 3.05) is 18.9 Å². The van der Waals surface area contributed by atoms with Crippen LogP contribution in [0.1, 0.15) is 31.8 Å². The number of nitrogens with one attached hydrogen (secondary N) is 2. The Balaban J connectivity index is 1.67. The molecule has 2 aliphatic rings. The molecule has 0 aromatic carbocycles. The van der Waals surface area contributed by atoms with Crippen molar-refractivity contribution >= 4 is 38.6 Å². The molecular weight excluding hydrogens is 336 g/mol. The highest BCUT2D eigenvalue weighted by Gasteiger charge is 2.33. The van der Waals surface area contributed by atoms with Crippen LogP contribution >= 0.6 is 22.7 Å². The summed E-state index contributed by atoms with van der Waals surface area (Å²) in [7, 11) is 2.07. The first-order valence-electron chi connectivity index (χ1n) is 7.17. The Morgan fingerprint density at radius 1 is 1.35 bits per heavy atom. The van der Waals surface area contributed by atoms with Gasteiger partial charge in [0.05, 0.1) is 15.4 Å². The lowest BCUT2D eigenvalue weighted by molar-refractivity contribution is -0.380. The number of amides is 1. The summed E-state index contributed by atoms with van der Waals surface area (Å²) in [6.45, 7) is 1.81. The molecule has 0 bridgehead atoms. The van der Waals surface area contributed by atoms with E-state index in [1.165, 1.54) is 10.9 Å². The van der Waals surface area contributed by atoms with Crippen molar-refractivity contribution in [1.82, 2.24) is 10.2 Å². The second kappa shape index (κ2) is 5.29. The molecule has 2 aromatic rings. The van der Waals surface area contributed by atoms with Gasteiger partial charge in [-0.25, -0.2) is 0 Å². The smallest absolute Gasteiger partial charge is 0.324 e. The Bertz CT molecular complexity index is 813. The lowest BCUT2D eigenvalue weighted by Gasteiger charge is -2.26. The van der Waals surface area contributed by atoms with Gasteiger partial charge < -0.3 is 15.5 Å². The summed E-state index contributed by atoms with van der Waals surface area (Å²) in [5.74, 6) is -0.0955. The fraction of sp³-hybridized carbons (Fsp3) is 0.357. The molecule has 120 valence electrons. The summed E-state index contributed by atoms with van der Waals surface area (Å²) >= 11 is 2.69. The van der Waals surface area contributed by atoms with E-state index >= 15 is 0 Å². The highest BCUT2D eigenvalue weighted by molar-refractivity contribution is 7.17. The van der Waals surface area contributed by atoms with Gasteiger partial charge in [-0.15, -0.1) is 11.3 Å². The number of thiophene rings is 2. The van der Waals surface area contributed by atoms with E-state index in [-0.39, 0.29) is 10.9 Å². The molecule has 2 aromatic heterocycles. The second-order valence-corrected chi connectivity index (χ2v) is 7.88. The molecule has 0 fully saturated rings. The SMILES string of the molecule is CN1CCc2c(sc3c2C(=O)NC(c2ccc([N+](=O)[O-])s2)N3)C1. The summed E-state index contributed by atoms with van der Waals surface area (Å²) in [6.07, 6.45) is 0.466. The van der Waals surface area contributed by atoms with Gasteiger partial charge in [0.25, 0.3) is 5.91 Å². The summed E-state index contributed by atoms with van der Waals surface area (Å²) in [5.41, 5.74) is 1.89. The molecule has 4 heterocycles. The molecule has 0 saturated heterocycles. The van der Waals surface area contributed by atoms with E-state index in [0.29, 0.717) is 0 Å². The Morgan fingerprint density at radius 3 is 2.91 bits per heavy atom. The minimum atomic E-state index is -0.413. The number of anilines is 1. The Kier molecular flexibility index (Phi) is 3.36. The highest BCUT2D eigenvalue weighted by atomic mass is 32.1. The van der Waals surface area contributed by atoms with Crippen LogP contribution in [0.4, 0.5) is 10.0 Å². The molecule has 2 N–H and O–H groups in total. The zero-order valence-corrected chi connectivity index (χ0v) is 13.9. The topological polar surface area (TPSA) is 87.5 Å². The number of likely N-dealkylation sites (N-methyl/N-ethyl adjacent to an activating group) is 1. The Morgan fingerprint density at radius 2 is 2.17 bits per heavy atom. The van der Waals surface area contributed by atoms with Gasteiger partial charge >= 0.3 is 5.00 Å². The predicted molar refractivity (Wildman–Crippen MR) is 89.2 cm³/mol. The van der Waals surface area contributed by atoms with Crippen LogP contribution in [0.15, 0.2) is 12.1 Å². The fourth-order valence-corrected chi connectivity index (χ4v) is 5.16. The fourth-order valence-electron chi connectivity index (χ4n) is 2.98. The first-order valence-corrected chi connectivity index (χ1v) is 8.81. The van der Waals surface area contributed by atoms with Gasteiger partial charge in [0.1, 0.15) is 11.2 Å². The average Bonchev–Trinajstić information content (AvgIpc) is 3.10. The van der Waals surface area contributed by atoms with Crippen LogP contribution in [0.3, 0.4) is 0 Å². The van der Waals surface area contributed by atoms with Crippen molar-refractivity contribution in [1.29, 1.82) is 0 Å². The zero-order chi connectivity index (χ0) is 16.1. The quantitative estimate of drug-likeness (QED) is 0.642. The van der Waals surface area contributed by atoms with Gasteiger partial charge in [0.15, 0.2) is 0 Å². The van der Waals surface area contributed by atoms with E-state index in [0.717, 1.165) is 51.9 Å². The third kappa shape index (κ3) is 2.41. The molecule has 0 saturated carbocycles. The average molecular weight is 350 g/mol. The van der Waals surface area contributed by atoms with E-state index in [4.69, 9.17) is 0 Å². The molecule has 0 aliphatic carbocycles. The van der Waals surface area contributed by atoms with E-state index in [1.807, 2.05) is 0 Å². The van der Waals surface area contributed by atoms with Crippen molar-refractivity contribution in [3.8, 4) is 0 Å². The third-order valence-corrected chi connectivity index (χ3v) is 6.35. The first-order chi connectivity index (χ1) is 11.0. The van der Waals surface area contributed by atoms with Gasteiger partial charge in [-0.1, -0.05) is 11.3 Å². The van der Waals surface area contributed by atoms with Gasteiger partial charge in [-0.05, 0) is 25.1 Å². The molecular formula is C14H14N4O3S2. The van der Waals surface area contributed by atoms with E-state index < -0.39 is 11.1 Å². The minimum Gasteiger partial charge on any atom is -0.352 e. The van der Waals surface area contributed by atoms with E-state index in [2.05, 4.69) is 22.6 Å². The summed E-state index contributed by atoms with van der Waals surface area (Å²) < 4.78 is 0. The number of carbonyl (C=O) groups excluding carboxylic acids is 1. The molecule has 9 heteroatoms. The molecule has 0 radical (unpaired) electrons. The van der Waals surface area contributed by atoms with Crippen molar-refractivity contribution in [2.24, 2.45) is 0 Å². The summed E-state index contributed by atoms with van der Waals surface area (Å²) in [4.78, 5) is 27.2. The molecule has 0 spiro atoms. The molecule has 1 amide bonds. The molecule has 1 atom stereocenters. The largest absolute Gasteiger partial charge is 0.352 e. The monoisotopic (exact) mass is 350 g/mol. The van der Waals surface area contributed by atoms with Crippen LogP contribution in [0.2, 0.25) is 0 Å². The minimum absolute atomic E-state index is 0.0777. The first kappa shape index (κ1) is 14.6. The maximum Gasteiger partial charge on any atom is 0.324 e. The van der Waals surface area contributed by atoms with Gasteiger partial charge in [0.2, 0.25) is 0 Å². The number of hydrogen-bond donors (Lipinski definition) is 2. The standard InChI is InChI=1S/C14H14N4O3S2/c1-17-5-4-7-9(6-17)23-14-11(7)13(19)15-12(16-14)8-2-3-10(22-8)18(20)21/h2-3,12,16H,4-6H2,1H3,(H,15,19). The van der Waals surface area contributed by atoms with Crippen LogP contribution in [0.5, 0.6) is 0 Å². The van der Waals surface area contributed by atoms with E-state index in [9.17, 15) is 14.9 Å². The maximum absolute atomic E-state index is 12.5. The molecule has 7 nitrogen and oxygen atoms in total. The maximum atomic E-state index is 12.5. The predicted octanol–water partition coefficient (Wildman–Crippen LogP) is 2.56. The number of fused-ring (bicyclic) bond motifs is 3. The van der Waals surface area contributed by atoms with Crippen LogP contribution in [0.25, 0.3) is 0 Å². The second-order valence-electron chi connectivity index (χ2n) is 5.68. The molecule has 23 heavy (non-hydrogen) atoms. The van der Waals surface area contributed by atoms with Gasteiger partial charge in [0, 0.05) is 24.0 Å². The number of rotatable bonds is 2. The van der Waals surface area contributed by atoms with Gasteiger partial charge in [-0.2, -0.15) is 0 Å². The number of nitro groups is 1. The highest BCUT2D eigenvalue weighted by Crippen LogP contribution is 2.41. The molecule has 4 rings (SSSR count). The zero-order valence-electron chi connectivity index (χ0n) is 12.3. The lowest BCUT2D eigenvalue weighted by atomic mass is 10.0. The lowest BCUT2D eigenvalue weighted by Crippen LogP contribution is -2.38. The van der Waals surface area contributed by atoms with Crippen molar-refractivity contribution in [3.63, 3.8) is 0 Å². The number of nitrogens with zero attached hydrogens (tertiary/aromatic N) is 2. The summed E-state index contributed by atoms with van der Waals surface area (Å²) in [6, 6.07) is 3.16. The number of carbonyl (C=O) groups is 1. The van der Waals surface area contributed by atoms with Crippen LogP contribution in [-0.2, 0) is 13.0 Å². The van der Waals surface area contributed by atoms with Crippen LogP contribution < -0.4 is 10.6 Å². The Labute approximate surface area is 140 Å². The normalized spacial score (nSPS) is 20.4. The summed E-state index contributed by atoms with van der Waals surface area (Å²) in [5, 5.41) is 18.0. The van der Waals surface area contributed by atoms with Crippen molar-refractivity contribution < 1.29 is 9.72 Å².